The molecule has 0 bridgehead atoms. The van der Waals surface area contributed by atoms with Gasteiger partial charge in [0.1, 0.15) is 6.10 Å². The Hall–Kier alpha value is 0.170. The van der Waals surface area contributed by atoms with Crippen LogP contribution in [0.15, 0.2) is 0 Å². The molecule has 1 aliphatic rings. The summed E-state index contributed by atoms with van der Waals surface area (Å²) in [6.07, 6.45) is 0.190. The van der Waals surface area contributed by atoms with E-state index in [-0.39, 0.29) is 25.1 Å². The summed E-state index contributed by atoms with van der Waals surface area (Å²) in [5, 5.41) is 8.08. The number of rotatable bonds is 1. The Bertz CT molecular complexity index is 64.0. The number of hydrogen-bond donors (Lipinski definition) is 1. The first-order valence-corrected chi connectivity index (χ1v) is 3.00. The smallest absolute Gasteiger partial charge is 0.104 e. The molecule has 0 saturated carbocycles. The molecule has 0 aromatic heterocycles. The van der Waals surface area contributed by atoms with Gasteiger partial charge in [0.25, 0.3) is 0 Å². The predicted molar refractivity (Wildman–Crippen MR) is 43.7 cm³/mol. The van der Waals surface area contributed by atoms with Crippen LogP contribution in [0.4, 0.5) is 0 Å². The maximum Gasteiger partial charge on any atom is 0.104 e. The third-order valence-corrected chi connectivity index (χ3v) is 0.606. The van der Waals surface area contributed by atoms with Gasteiger partial charge in [-0.2, -0.15) is 0 Å². The van der Waals surface area contributed by atoms with Gasteiger partial charge in [-0.3, -0.25) is 0 Å². The van der Waals surface area contributed by atoms with E-state index in [1.165, 1.54) is 0 Å². The van der Waals surface area contributed by atoms with E-state index in [0.29, 0.717) is 0 Å². The lowest BCUT2D eigenvalue weighted by Crippen LogP contribution is -1.99. The highest BCUT2D eigenvalue weighted by atomic mass is 35.5. The van der Waals surface area contributed by atoms with E-state index in [4.69, 9.17) is 5.11 Å². The van der Waals surface area contributed by atoms with Crippen molar-refractivity contribution in [2.75, 3.05) is 34.4 Å². The van der Waals surface area contributed by atoms with Gasteiger partial charge in [0, 0.05) is 0 Å². The first-order valence-electron chi connectivity index (χ1n) is 3.00. The van der Waals surface area contributed by atoms with Crippen molar-refractivity contribution < 1.29 is 9.84 Å². The van der Waals surface area contributed by atoms with Crippen molar-refractivity contribution in [1.29, 1.82) is 0 Å². The second-order valence-corrected chi connectivity index (χ2v) is 2.48. The Morgan fingerprint density at radius 2 is 1.80 bits per heavy atom. The molecule has 1 heterocycles. The van der Waals surface area contributed by atoms with Gasteiger partial charge >= 0.3 is 0 Å². The summed E-state index contributed by atoms with van der Waals surface area (Å²) < 4.78 is 4.61. The minimum Gasteiger partial charge on any atom is -0.394 e. The van der Waals surface area contributed by atoms with Crippen LogP contribution in [-0.2, 0) is 4.74 Å². The van der Waals surface area contributed by atoms with Crippen molar-refractivity contribution >= 4 is 12.4 Å². The predicted octanol–water partition coefficient (Wildman–Crippen LogP) is -0.0229. The van der Waals surface area contributed by atoms with Gasteiger partial charge in [0.05, 0.1) is 13.2 Å². The van der Waals surface area contributed by atoms with Crippen LogP contribution in [0.2, 0.25) is 0 Å². The minimum absolute atomic E-state index is 0. The van der Waals surface area contributed by atoms with E-state index in [1.54, 1.807) is 0 Å². The Morgan fingerprint density at radius 1 is 1.50 bits per heavy atom. The van der Waals surface area contributed by atoms with Crippen LogP contribution >= 0.6 is 12.4 Å². The molecule has 1 atom stereocenters. The zero-order chi connectivity index (χ0) is 7.28. The quantitative estimate of drug-likeness (QED) is 0.561. The summed E-state index contributed by atoms with van der Waals surface area (Å²) in [4.78, 5) is 2.00. The van der Waals surface area contributed by atoms with Crippen molar-refractivity contribution in [3.8, 4) is 0 Å². The lowest BCUT2D eigenvalue weighted by atomic mass is 10.5. The SMILES string of the molecule is CN(C)C.Cl.OCC1CO1. The second kappa shape index (κ2) is 7.28. The van der Waals surface area contributed by atoms with Crippen molar-refractivity contribution in [1.82, 2.24) is 4.90 Å². The summed E-state index contributed by atoms with van der Waals surface area (Å²) in [5.74, 6) is 0. The molecule has 64 valence electrons. The van der Waals surface area contributed by atoms with E-state index in [9.17, 15) is 0 Å². The van der Waals surface area contributed by atoms with Crippen LogP contribution in [0.3, 0.4) is 0 Å². The van der Waals surface area contributed by atoms with E-state index in [2.05, 4.69) is 4.74 Å². The normalized spacial score (nSPS) is 20.7. The maximum atomic E-state index is 8.08. The molecule has 10 heavy (non-hydrogen) atoms. The van der Waals surface area contributed by atoms with Crippen LogP contribution < -0.4 is 0 Å². The molecule has 1 saturated heterocycles. The Balaban J connectivity index is 0. The van der Waals surface area contributed by atoms with E-state index in [0.717, 1.165) is 6.61 Å². The van der Waals surface area contributed by atoms with E-state index >= 15 is 0 Å². The summed E-state index contributed by atoms with van der Waals surface area (Å²) in [5.41, 5.74) is 0. The highest BCUT2D eigenvalue weighted by molar-refractivity contribution is 5.85. The third-order valence-electron chi connectivity index (χ3n) is 0.606. The summed E-state index contributed by atoms with van der Waals surface area (Å²) in [6.45, 7) is 0.955. The van der Waals surface area contributed by atoms with Crippen LogP contribution in [0.25, 0.3) is 0 Å². The van der Waals surface area contributed by atoms with Gasteiger partial charge in [0.15, 0.2) is 0 Å². The number of aliphatic hydroxyl groups excluding tert-OH is 1. The monoisotopic (exact) mass is 169 g/mol. The number of nitrogens with zero attached hydrogens (tertiary/aromatic N) is 1. The molecule has 0 aromatic carbocycles. The summed E-state index contributed by atoms with van der Waals surface area (Å²) in [7, 11) is 6.00. The fourth-order valence-electron chi connectivity index (χ4n) is 0.173. The van der Waals surface area contributed by atoms with Gasteiger partial charge in [0.2, 0.25) is 0 Å². The first-order chi connectivity index (χ1) is 4.16. The van der Waals surface area contributed by atoms with Crippen LogP contribution in [0.1, 0.15) is 0 Å². The van der Waals surface area contributed by atoms with E-state index < -0.39 is 0 Å². The molecule has 1 unspecified atom stereocenters. The Kier molecular flexibility index (Phi) is 9.33. The lowest BCUT2D eigenvalue weighted by molar-refractivity contribution is 0.244. The molecular weight excluding hydrogens is 154 g/mol. The number of aliphatic hydroxyl groups is 1. The number of halogens is 1. The highest BCUT2D eigenvalue weighted by Gasteiger charge is 2.19. The lowest BCUT2D eigenvalue weighted by Gasteiger charge is -1.90. The Morgan fingerprint density at radius 3 is 1.80 bits per heavy atom. The molecule has 0 amide bonds. The van der Waals surface area contributed by atoms with Crippen LogP contribution in [0.5, 0.6) is 0 Å². The van der Waals surface area contributed by atoms with Gasteiger partial charge in [-0.15, -0.1) is 12.4 Å². The van der Waals surface area contributed by atoms with Crippen LogP contribution in [0, 0.1) is 0 Å². The standard InChI is InChI=1S/C3H9N.C3H6O2.ClH/c1-4(2)3;4-1-3-2-5-3;/h1-3H3;3-4H,1-2H2;1H. The molecule has 3 nitrogen and oxygen atoms in total. The van der Waals surface area contributed by atoms with Crippen molar-refractivity contribution in [2.24, 2.45) is 0 Å². The van der Waals surface area contributed by atoms with E-state index in [1.807, 2.05) is 26.0 Å². The number of epoxide rings is 1. The average Bonchev–Trinajstić information content (AvgIpc) is 2.43. The second-order valence-electron chi connectivity index (χ2n) is 2.48. The summed E-state index contributed by atoms with van der Waals surface area (Å²) >= 11 is 0. The van der Waals surface area contributed by atoms with Gasteiger partial charge in [-0.1, -0.05) is 0 Å². The molecule has 1 fully saturated rings. The summed E-state index contributed by atoms with van der Waals surface area (Å²) in [6, 6.07) is 0. The molecule has 0 aliphatic carbocycles. The number of hydrogen-bond acceptors (Lipinski definition) is 3. The van der Waals surface area contributed by atoms with Gasteiger partial charge < -0.3 is 14.7 Å². The first kappa shape index (κ1) is 12.8. The van der Waals surface area contributed by atoms with Crippen molar-refractivity contribution in [2.45, 2.75) is 6.10 Å². The highest BCUT2D eigenvalue weighted by Crippen LogP contribution is 2.04. The van der Waals surface area contributed by atoms with Crippen LogP contribution in [-0.4, -0.2) is 50.5 Å². The van der Waals surface area contributed by atoms with Gasteiger partial charge in [-0.25, -0.2) is 0 Å². The molecule has 0 spiro atoms. The molecule has 0 aromatic rings. The Labute approximate surface area is 68.4 Å². The fourth-order valence-corrected chi connectivity index (χ4v) is 0.173. The average molecular weight is 170 g/mol. The van der Waals surface area contributed by atoms with Gasteiger partial charge in [-0.05, 0) is 21.1 Å². The molecule has 4 heteroatoms. The van der Waals surface area contributed by atoms with Crippen molar-refractivity contribution in [3.63, 3.8) is 0 Å². The third kappa shape index (κ3) is 15.7. The topological polar surface area (TPSA) is 36.0 Å². The van der Waals surface area contributed by atoms with Crippen molar-refractivity contribution in [3.05, 3.63) is 0 Å². The molecule has 1 rings (SSSR count). The molecular formula is C6H16ClNO2. The number of ether oxygens (including phenoxy) is 1. The minimum atomic E-state index is 0. The zero-order valence-electron chi connectivity index (χ0n) is 6.70. The maximum absolute atomic E-state index is 8.08. The largest absolute Gasteiger partial charge is 0.394 e. The molecule has 1 N–H and O–H groups in total. The zero-order valence-corrected chi connectivity index (χ0v) is 7.52. The molecule has 1 aliphatic heterocycles. The molecule has 0 radical (unpaired) electrons. The fraction of sp³-hybridized carbons (Fsp3) is 1.00.